The van der Waals surface area contributed by atoms with E-state index in [0.717, 1.165) is 114 Å². The maximum Gasteiger partial charge on any atom is 0.328 e. The van der Waals surface area contributed by atoms with Crippen molar-refractivity contribution in [3.8, 4) is 46.2 Å². The highest BCUT2D eigenvalue weighted by molar-refractivity contribution is 6.85. The summed E-state index contributed by atoms with van der Waals surface area (Å²) in [6.07, 6.45) is 13.9. The Kier molecular flexibility index (Phi) is 21.4. The lowest BCUT2D eigenvalue weighted by molar-refractivity contribution is 0.304. The van der Waals surface area contributed by atoms with Crippen LogP contribution in [0.3, 0.4) is 0 Å². The Bertz CT molecular complexity index is 4530. The van der Waals surface area contributed by atoms with E-state index in [1.165, 1.54) is 62.5 Å². The molecular formula is C88H90B2N6O2. The van der Waals surface area contributed by atoms with E-state index in [1.54, 1.807) is 0 Å². The van der Waals surface area contributed by atoms with Crippen molar-refractivity contribution in [2.24, 2.45) is 0 Å². The number of hydrogen-bond acceptors (Lipinski definition) is 6. The predicted molar refractivity (Wildman–Crippen MR) is 412 cm³/mol. The molecule has 0 aliphatic carbocycles. The molecule has 98 heavy (non-hydrogen) atoms. The molecular weight excluding hydrogens is 1190 g/mol. The van der Waals surface area contributed by atoms with Crippen LogP contribution in [0.5, 0.6) is 11.5 Å². The summed E-state index contributed by atoms with van der Waals surface area (Å²) in [5.74, 6) is 1.53. The molecule has 0 spiro atoms. The van der Waals surface area contributed by atoms with Crippen molar-refractivity contribution < 1.29 is 9.47 Å². The molecule has 0 fully saturated rings. The summed E-state index contributed by atoms with van der Waals surface area (Å²) in [4.78, 5) is 11.1. The van der Waals surface area contributed by atoms with Gasteiger partial charge < -0.3 is 18.4 Å². The monoisotopic (exact) mass is 1280 g/mol. The second-order valence-corrected chi connectivity index (χ2v) is 28.3. The minimum Gasteiger partial charge on any atom is -0.494 e. The first-order valence-electron chi connectivity index (χ1n) is 35.6. The van der Waals surface area contributed by atoms with E-state index in [0.29, 0.717) is 46.4 Å². The smallest absolute Gasteiger partial charge is 0.328 e. The lowest BCUT2D eigenvalue weighted by Crippen LogP contribution is -2.54. The fourth-order valence-electron chi connectivity index (χ4n) is 14.0. The third-order valence-electron chi connectivity index (χ3n) is 19.2. The molecule has 0 aliphatic heterocycles. The molecule has 4 aromatic heterocycles. The Hall–Kier alpha value is -10.2. The van der Waals surface area contributed by atoms with E-state index in [1.807, 2.05) is 12.1 Å². The summed E-state index contributed by atoms with van der Waals surface area (Å²) in [5, 5.41) is 30.2. The number of unbranched alkanes of at least 4 members (excludes halogenated alkanes) is 10. The largest absolute Gasteiger partial charge is 0.494 e. The first kappa shape index (κ1) is 67.8. The molecule has 490 valence electrons. The highest BCUT2D eigenvalue weighted by Gasteiger charge is 2.38. The molecule has 0 amide bonds. The van der Waals surface area contributed by atoms with Crippen molar-refractivity contribution in [3.05, 3.63) is 264 Å². The molecule has 12 aromatic rings. The highest BCUT2D eigenvalue weighted by Crippen LogP contribution is 2.39. The Labute approximate surface area is 581 Å². The van der Waals surface area contributed by atoms with Gasteiger partial charge in [-0.1, -0.05) is 287 Å². The van der Waals surface area contributed by atoms with Gasteiger partial charge in [-0.15, -0.1) is 0 Å². The number of fused-ring (bicyclic) bond motifs is 3. The van der Waals surface area contributed by atoms with Crippen LogP contribution in [0.25, 0.3) is 66.2 Å². The molecule has 0 bridgehead atoms. The molecule has 0 N–H and O–H groups in total. The number of rotatable bonds is 26. The van der Waals surface area contributed by atoms with E-state index in [-0.39, 0.29) is 10.8 Å². The molecule has 0 unspecified atom stereocenters. The standard InChI is InChI=1S/C88H90B2N6O2/c1-9-11-13-15-17-31-57-97-73-49-41-63(42-50-73)83-81-82(86(95(83)89(69-33-23-19-24-34-69)70-35-25-20-26-36-70)76(62-92)80-54-46-66-60-68(88(6,7)8)48-56-78(66)94-80)84(64-43-51-74(52-44-64)98-58-32-18-16-14-12-10-2)96(90(71-37-27-21-28-38-71)72-39-29-22-30-40-72)85(81)75(61-91)79-53-45-65-59-67(87(3,4)5)47-55-77(65)93-79/h19-30,33-56,59-60H,9-18,31-32,57-58H2,1-8H3/b85-75-,86-76-. The van der Waals surface area contributed by atoms with Crippen molar-refractivity contribution in [3.63, 3.8) is 0 Å². The van der Waals surface area contributed by atoms with Gasteiger partial charge in [0.2, 0.25) is 0 Å². The Morgan fingerprint density at radius 2 is 0.714 bits per heavy atom. The van der Waals surface area contributed by atoms with Crippen molar-refractivity contribution >= 4 is 79.3 Å². The van der Waals surface area contributed by atoms with Gasteiger partial charge in [-0.05, 0) is 131 Å². The van der Waals surface area contributed by atoms with Crippen LogP contribution in [0.4, 0.5) is 0 Å². The van der Waals surface area contributed by atoms with Crippen LogP contribution in [-0.4, -0.2) is 45.8 Å². The van der Waals surface area contributed by atoms with Gasteiger partial charge in [-0.25, -0.2) is 9.97 Å². The molecule has 0 saturated carbocycles. The SMILES string of the molecule is CCCCCCCCOc1ccc(-c2c3/c(=C(\C#N)c4ccc5cc(C(C)(C)C)ccc5n4)n(B(c4ccccc4)c4ccccc4)c(-c4ccc(OCCCCCCCC)cc4)c3/c(=C(\C#N)c3ccc4cc(C(C)(C)C)ccc4n3)n2B(c2ccccc2)c2ccccc2)cc1. The number of pyridine rings is 2. The molecule has 8 aromatic carbocycles. The zero-order valence-electron chi connectivity index (χ0n) is 58.5. The molecule has 0 radical (unpaired) electrons. The molecule has 0 aliphatic rings. The third-order valence-corrected chi connectivity index (χ3v) is 19.2. The van der Waals surface area contributed by atoms with Gasteiger partial charge in [0.1, 0.15) is 34.8 Å². The fraction of sp³-hybridized carbons (Fsp3) is 0.273. The lowest BCUT2D eigenvalue weighted by atomic mass is 9.50. The van der Waals surface area contributed by atoms with Crippen molar-refractivity contribution in [2.45, 2.75) is 143 Å². The van der Waals surface area contributed by atoms with Crippen LogP contribution in [0.15, 0.2) is 231 Å². The van der Waals surface area contributed by atoms with E-state index in [4.69, 9.17) is 19.4 Å². The van der Waals surface area contributed by atoms with Crippen LogP contribution in [0.1, 0.15) is 155 Å². The van der Waals surface area contributed by atoms with Gasteiger partial charge in [0.05, 0.1) is 46.3 Å². The summed E-state index contributed by atoms with van der Waals surface area (Å²) < 4.78 is 18.1. The first-order chi connectivity index (χ1) is 47.8. The number of aromatic nitrogens is 4. The van der Waals surface area contributed by atoms with Crippen molar-refractivity contribution in [2.75, 3.05) is 13.2 Å². The van der Waals surface area contributed by atoms with Crippen LogP contribution in [0.2, 0.25) is 0 Å². The minimum absolute atomic E-state index is 0.101. The maximum atomic E-state index is 12.7. The quantitative estimate of drug-likeness (QED) is 0.0395. The number of nitrogens with zero attached hydrogens (tertiary/aromatic N) is 6. The van der Waals surface area contributed by atoms with Gasteiger partial charge in [-0.3, -0.25) is 0 Å². The summed E-state index contributed by atoms with van der Waals surface area (Å²) in [6, 6.07) is 86.6. The van der Waals surface area contributed by atoms with Crippen molar-refractivity contribution in [1.29, 1.82) is 10.5 Å². The van der Waals surface area contributed by atoms with Crippen LogP contribution >= 0.6 is 0 Å². The molecule has 0 atom stereocenters. The zero-order chi connectivity index (χ0) is 68.2. The zero-order valence-corrected chi connectivity index (χ0v) is 58.5. The normalized spacial score (nSPS) is 12.3. The van der Waals surface area contributed by atoms with E-state index < -0.39 is 13.7 Å². The summed E-state index contributed by atoms with van der Waals surface area (Å²) in [6.45, 7) is 18.0. The molecule has 8 nitrogen and oxygen atoms in total. The highest BCUT2D eigenvalue weighted by atomic mass is 16.5. The minimum atomic E-state index is -0.552. The molecule has 0 saturated heterocycles. The summed E-state index contributed by atoms with van der Waals surface area (Å²) >= 11 is 0. The topological polar surface area (TPSA) is 102 Å². The van der Waals surface area contributed by atoms with Crippen LogP contribution in [-0.2, 0) is 10.8 Å². The number of benzene rings is 8. The molecule has 10 heteroatoms. The van der Waals surface area contributed by atoms with Gasteiger partial charge in [-0.2, -0.15) is 10.5 Å². The molecule has 4 heterocycles. The number of hydrogen-bond donors (Lipinski definition) is 0. The Balaban J connectivity index is 1.30. The number of ether oxygens (including phenoxy) is 2. The second-order valence-electron chi connectivity index (χ2n) is 28.3. The second kappa shape index (κ2) is 30.9. The predicted octanol–water partition coefficient (Wildman–Crippen LogP) is 17.7. The Morgan fingerprint density at radius 1 is 0.388 bits per heavy atom. The summed E-state index contributed by atoms with van der Waals surface area (Å²) in [7, 11) is 0. The average Bonchev–Trinajstić information content (AvgIpc) is 1.52. The van der Waals surface area contributed by atoms with Gasteiger partial charge >= 0.3 is 13.7 Å². The van der Waals surface area contributed by atoms with Crippen molar-refractivity contribution in [1.82, 2.24) is 18.9 Å². The van der Waals surface area contributed by atoms with Crippen LogP contribution in [0, 0.1) is 22.7 Å². The summed E-state index contributed by atoms with van der Waals surface area (Å²) in [5.41, 5.74) is 12.8. The van der Waals surface area contributed by atoms with Gasteiger partial charge in [0.15, 0.2) is 0 Å². The fourth-order valence-corrected chi connectivity index (χ4v) is 14.0. The molecule has 12 rings (SSSR count). The Morgan fingerprint density at radius 3 is 1.03 bits per heavy atom. The van der Waals surface area contributed by atoms with Gasteiger partial charge in [0, 0.05) is 32.9 Å². The number of nitriles is 2. The average molecular weight is 1290 g/mol. The third kappa shape index (κ3) is 14.9. The van der Waals surface area contributed by atoms with E-state index in [2.05, 4.69) is 295 Å². The van der Waals surface area contributed by atoms with E-state index >= 15 is 0 Å². The van der Waals surface area contributed by atoms with E-state index in [9.17, 15) is 10.5 Å². The van der Waals surface area contributed by atoms with Gasteiger partial charge in [0.25, 0.3) is 0 Å². The maximum absolute atomic E-state index is 12.7. The lowest BCUT2D eigenvalue weighted by Gasteiger charge is -2.24. The van der Waals surface area contributed by atoms with Crippen LogP contribution < -0.4 is 42.0 Å². The first-order valence-corrected chi connectivity index (χ1v) is 35.6.